The van der Waals surface area contributed by atoms with Gasteiger partial charge in [0.05, 0.1) is 11.1 Å². The van der Waals surface area contributed by atoms with Crippen LogP contribution in [-0.2, 0) is 4.74 Å². The summed E-state index contributed by atoms with van der Waals surface area (Å²) in [6.45, 7) is 6.92. The summed E-state index contributed by atoms with van der Waals surface area (Å²) in [5.74, 6) is -0.442. The van der Waals surface area contributed by atoms with E-state index in [-0.39, 0.29) is 23.4 Å². The standard InChI is InChI=1S/C18H22FIN2O3/c1-17(2,3)25-16(24)21-8-9-22(18(11-21)6-7-18)15(23)13-5-4-12(19)10-14(13)20/h4-5,10H,6-9,11H2,1-3H3. The van der Waals surface area contributed by atoms with E-state index in [2.05, 4.69) is 0 Å². The molecule has 0 N–H and O–H groups in total. The van der Waals surface area contributed by atoms with E-state index in [0.29, 0.717) is 28.8 Å². The van der Waals surface area contributed by atoms with Crippen LogP contribution in [0.1, 0.15) is 44.0 Å². The molecule has 2 amide bonds. The van der Waals surface area contributed by atoms with E-state index in [0.717, 1.165) is 12.8 Å². The predicted octanol–water partition coefficient (Wildman–Crippen LogP) is 3.66. The van der Waals surface area contributed by atoms with Gasteiger partial charge in [-0.1, -0.05) is 0 Å². The molecule has 5 nitrogen and oxygen atoms in total. The minimum Gasteiger partial charge on any atom is -0.444 e. The van der Waals surface area contributed by atoms with E-state index < -0.39 is 5.60 Å². The molecule has 1 heterocycles. The first-order valence-electron chi connectivity index (χ1n) is 8.36. The molecule has 0 bridgehead atoms. The molecule has 1 aromatic carbocycles. The molecule has 7 heteroatoms. The number of rotatable bonds is 1. The summed E-state index contributed by atoms with van der Waals surface area (Å²) in [6.07, 6.45) is 1.41. The van der Waals surface area contributed by atoms with E-state index in [1.807, 2.05) is 48.3 Å². The fourth-order valence-corrected chi connectivity index (χ4v) is 3.87. The quantitative estimate of drug-likeness (QED) is 0.602. The number of amides is 2. The number of benzene rings is 1. The van der Waals surface area contributed by atoms with Crippen LogP contribution in [0.25, 0.3) is 0 Å². The molecular formula is C18H22FIN2O3. The fourth-order valence-electron chi connectivity index (χ4n) is 3.16. The maximum absolute atomic E-state index is 13.3. The molecule has 25 heavy (non-hydrogen) atoms. The number of piperazine rings is 1. The van der Waals surface area contributed by atoms with Crippen molar-refractivity contribution in [2.45, 2.75) is 44.8 Å². The Hall–Kier alpha value is -1.38. The Kier molecular flexibility index (Phi) is 4.72. The smallest absolute Gasteiger partial charge is 0.410 e. The second-order valence-corrected chi connectivity index (χ2v) is 8.87. The summed E-state index contributed by atoms with van der Waals surface area (Å²) in [4.78, 5) is 28.8. The van der Waals surface area contributed by atoms with Gasteiger partial charge >= 0.3 is 6.09 Å². The molecule has 0 atom stereocenters. The number of nitrogens with zero attached hydrogens (tertiary/aromatic N) is 2. The Morgan fingerprint density at radius 2 is 1.92 bits per heavy atom. The van der Waals surface area contributed by atoms with Crippen molar-refractivity contribution in [3.8, 4) is 0 Å². The number of halogens is 2. The van der Waals surface area contributed by atoms with Crippen LogP contribution < -0.4 is 0 Å². The highest BCUT2D eigenvalue weighted by atomic mass is 127. The van der Waals surface area contributed by atoms with E-state index in [4.69, 9.17) is 4.74 Å². The lowest BCUT2D eigenvalue weighted by atomic mass is 10.1. The first-order chi connectivity index (χ1) is 11.6. The van der Waals surface area contributed by atoms with Gasteiger partial charge in [0, 0.05) is 23.2 Å². The van der Waals surface area contributed by atoms with Gasteiger partial charge in [-0.3, -0.25) is 4.79 Å². The highest BCUT2D eigenvalue weighted by Gasteiger charge is 2.54. The SMILES string of the molecule is CC(C)(C)OC(=O)N1CCN(C(=O)c2ccc(F)cc2I)C2(CC2)C1. The van der Waals surface area contributed by atoms with Crippen LogP contribution in [0.4, 0.5) is 9.18 Å². The molecule has 1 aromatic rings. The van der Waals surface area contributed by atoms with Crippen molar-refractivity contribution in [3.05, 3.63) is 33.1 Å². The van der Waals surface area contributed by atoms with Crippen molar-refractivity contribution < 1.29 is 18.7 Å². The third-order valence-corrected chi connectivity index (χ3v) is 5.43. The van der Waals surface area contributed by atoms with Gasteiger partial charge in [-0.15, -0.1) is 0 Å². The molecule has 1 saturated heterocycles. The van der Waals surface area contributed by atoms with Crippen molar-refractivity contribution >= 4 is 34.6 Å². The molecule has 1 aliphatic heterocycles. The molecule has 136 valence electrons. The summed E-state index contributed by atoms with van der Waals surface area (Å²) in [7, 11) is 0. The molecule has 0 radical (unpaired) electrons. The maximum Gasteiger partial charge on any atom is 0.410 e. The lowest BCUT2D eigenvalue weighted by Gasteiger charge is -2.42. The monoisotopic (exact) mass is 460 g/mol. The molecule has 2 fully saturated rings. The minimum atomic E-state index is -0.537. The van der Waals surface area contributed by atoms with Crippen molar-refractivity contribution in [1.82, 2.24) is 9.80 Å². The Morgan fingerprint density at radius 1 is 1.24 bits per heavy atom. The number of ether oxygens (including phenoxy) is 1. The minimum absolute atomic E-state index is 0.0919. The van der Waals surface area contributed by atoms with Gasteiger partial charge in [0.1, 0.15) is 11.4 Å². The highest BCUT2D eigenvalue weighted by Crippen LogP contribution is 2.45. The summed E-state index contributed by atoms with van der Waals surface area (Å²) < 4.78 is 19.4. The van der Waals surface area contributed by atoms with E-state index in [1.54, 1.807) is 4.90 Å². The largest absolute Gasteiger partial charge is 0.444 e. The Labute approximate surface area is 160 Å². The van der Waals surface area contributed by atoms with Crippen molar-refractivity contribution in [1.29, 1.82) is 0 Å². The maximum atomic E-state index is 13.3. The zero-order chi connectivity index (χ0) is 18.4. The van der Waals surface area contributed by atoms with Crippen molar-refractivity contribution in [2.24, 2.45) is 0 Å². The third kappa shape index (κ3) is 3.91. The normalized spacial score (nSPS) is 19.1. The number of carbonyl (C=O) groups is 2. The first-order valence-corrected chi connectivity index (χ1v) is 9.44. The molecule has 3 rings (SSSR count). The Bertz CT molecular complexity index is 713. The van der Waals surface area contributed by atoms with E-state index in [1.165, 1.54) is 18.2 Å². The number of carbonyl (C=O) groups excluding carboxylic acids is 2. The van der Waals surface area contributed by atoms with Crippen LogP contribution in [0.15, 0.2) is 18.2 Å². The van der Waals surface area contributed by atoms with Gasteiger partial charge in [-0.25, -0.2) is 9.18 Å². The predicted molar refractivity (Wildman–Crippen MR) is 99.9 cm³/mol. The van der Waals surface area contributed by atoms with Crippen molar-refractivity contribution in [2.75, 3.05) is 19.6 Å². The van der Waals surface area contributed by atoms with Crippen LogP contribution in [-0.4, -0.2) is 52.6 Å². The average Bonchev–Trinajstić information content (AvgIpc) is 3.24. The lowest BCUT2D eigenvalue weighted by molar-refractivity contribution is 0.000606. The van der Waals surface area contributed by atoms with Gasteiger partial charge < -0.3 is 14.5 Å². The number of hydrogen-bond acceptors (Lipinski definition) is 3. The fraction of sp³-hybridized carbons (Fsp3) is 0.556. The summed E-state index contributed by atoms with van der Waals surface area (Å²) in [6, 6.07) is 4.21. The first kappa shape index (κ1) is 18.4. The van der Waals surface area contributed by atoms with Gasteiger partial charge in [-0.05, 0) is 74.4 Å². The second kappa shape index (κ2) is 6.41. The van der Waals surface area contributed by atoms with Gasteiger partial charge in [0.15, 0.2) is 0 Å². The zero-order valence-electron chi connectivity index (χ0n) is 14.6. The molecule has 0 unspecified atom stereocenters. The van der Waals surface area contributed by atoms with Crippen LogP contribution in [0.3, 0.4) is 0 Å². The average molecular weight is 460 g/mol. The van der Waals surface area contributed by atoms with E-state index >= 15 is 0 Å². The lowest BCUT2D eigenvalue weighted by Crippen LogP contribution is -2.58. The third-order valence-electron chi connectivity index (χ3n) is 4.54. The Balaban J connectivity index is 1.74. The molecule has 2 aliphatic rings. The van der Waals surface area contributed by atoms with Crippen LogP contribution >= 0.6 is 22.6 Å². The van der Waals surface area contributed by atoms with Crippen LogP contribution in [0, 0.1) is 9.39 Å². The Morgan fingerprint density at radius 3 is 2.48 bits per heavy atom. The van der Waals surface area contributed by atoms with Crippen molar-refractivity contribution in [3.63, 3.8) is 0 Å². The molecule has 0 aromatic heterocycles. The zero-order valence-corrected chi connectivity index (χ0v) is 16.8. The topological polar surface area (TPSA) is 49.9 Å². The molecule has 1 aliphatic carbocycles. The van der Waals surface area contributed by atoms with Crippen LogP contribution in [0.2, 0.25) is 0 Å². The van der Waals surface area contributed by atoms with Gasteiger partial charge in [-0.2, -0.15) is 0 Å². The van der Waals surface area contributed by atoms with E-state index in [9.17, 15) is 14.0 Å². The van der Waals surface area contributed by atoms with Gasteiger partial charge in [0.25, 0.3) is 5.91 Å². The summed E-state index contributed by atoms with van der Waals surface area (Å²) in [5.41, 5.74) is -0.326. The highest BCUT2D eigenvalue weighted by molar-refractivity contribution is 14.1. The molecule has 1 saturated carbocycles. The van der Waals surface area contributed by atoms with Crippen LogP contribution in [0.5, 0.6) is 0 Å². The second-order valence-electron chi connectivity index (χ2n) is 7.71. The molecule has 1 spiro atoms. The van der Waals surface area contributed by atoms with Gasteiger partial charge in [0.2, 0.25) is 0 Å². The summed E-state index contributed by atoms with van der Waals surface area (Å²) in [5, 5.41) is 0. The molecular weight excluding hydrogens is 438 g/mol. The number of hydrogen-bond donors (Lipinski definition) is 0. The summed E-state index contributed by atoms with van der Waals surface area (Å²) >= 11 is 1.99.